The van der Waals surface area contributed by atoms with Gasteiger partial charge in [-0.1, -0.05) is 88.3 Å². The van der Waals surface area contributed by atoms with Gasteiger partial charge in [0.1, 0.15) is 0 Å². The van der Waals surface area contributed by atoms with Crippen molar-refractivity contribution in [1.82, 2.24) is 0 Å². The molecule has 1 aromatic rings. The van der Waals surface area contributed by atoms with Gasteiger partial charge in [-0.05, 0) is 44.2 Å². The SMILES string of the molecule is CCCCCCCCCC/C=C/COCc1ccc(CC(C)(C)C(=O)O)cc1. The molecule has 0 atom stereocenters. The summed E-state index contributed by atoms with van der Waals surface area (Å²) in [5, 5.41) is 9.22. The van der Waals surface area contributed by atoms with Gasteiger partial charge in [0, 0.05) is 0 Å². The van der Waals surface area contributed by atoms with Crippen LogP contribution in [0.5, 0.6) is 0 Å². The molecule has 0 aromatic heterocycles. The van der Waals surface area contributed by atoms with Gasteiger partial charge in [-0.25, -0.2) is 0 Å². The van der Waals surface area contributed by atoms with Crippen LogP contribution in [0.1, 0.15) is 89.7 Å². The van der Waals surface area contributed by atoms with Crippen LogP contribution >= 0.6 is 0 Å². The third-order valence-corrected chi connectivity index (χ3v) is 5.12. The number of ether oxygens (including phenoxy) is 1. The first kappa shape index (κ1) is 24.4. The molecule has 1 rings (SSSR count). The third-order valence-electron chi connectivity index (χ3n) is 5.12. The van der Waals surface area contributed by atoms with Crippen LogP contribution in [0.15, 0.2) is 36.4 Å². The van der Waals surface area contributed by atoms with E-state index in [0.29, 0.717) is 19.6 Å². The van der Waals surface area contributed by atoms with Crippen molar-refractivity contribution in [2.75, 3.05) is 6.61 Å². The molecule has 0 amide bonds. The molecule has 3 nitrogen and oxygen atoms in total. The number of hydrogen-bond acceptors (Lipinski definition) is 2. The van der Waals surface area contributed by atoms with Crippen molar-refractivity contribution in [3.05, 3.63) is 47.5 Å². The molecule has 0 aliphatic heterocycles. The molecule has 0 saturated carbocycles. The van der Waals surface area contributed by atoms with Crippen molar-refractivity contribution in [2.45, 2.75) is 91.6 Å². The molecule has 158 valence electrons. The molecule has 0 aliphatic carbocycles. The van der Waals surface area contributed by atoms with Crippen molar-refractivity contribution >= 4 is 5.97 Å². The minimum absolute atomic E-state index is 0.533. The Morgan fingerprint density at radius 1 is 0.929 bits per heavy atom. The zero-order valence-electron chi connectivity index (χ0n) is 18.2. The van der Waals surface area contributed by atoms with E-state index in [0.717, 1.165) is 17.5 Å². The van der Waals surface area contributed by atoms with Gasteiger partial charge in [-0.2, -0.15) is 0 Å². The lowest BCUT2D eigenvalue weighted by Crippen LogP contribution is -2.26. The Morgan fingerprint density at radius 3 is 2.11 bits per heavy atom. The molecule has 3 heteroatoms. The summed E-state index contributed by atoms with van der Waals surface area (Å²) in [6.45, 7) is 7.01. The van der Waals surface area contributed by atoms with Crippen LogP contribution in [0, 0.1) is 5.41 Å². The van der Waals surface area contributed by atoms with E-state index in [9.17, 15) is 9.90 Å². The van der Waals surface area contributed by atoms with E-state index in [-0.39, 0.29) is 0 Å². The molecule has 0 heterocycles. The van der Waals surface area contributed by atoms with Gasteiger partial charge in [0.2, 0.25) is 0 Å². The molecule has 0 aliphatic rings. The van der Waals surface area contributed by atoms with Crippen LogP contribution in [-0.2, 0) is 22.6 Å². The maximum atomic E-state index is 11.2. The van der Waals surface area contributed by atoms with Gasteiger partial charge in [-0.15, -0.1) is 0 Å². The van der Waals surface area contributed by atoms with Crippen molar-refractivity contribution in [3.8, 4) is 0 Å². The van der Waals surface area contributed by atoms with E-state index in [1.807, 2.05) is 24.3 Å². The van der Waals surface area contributed by atoms with Gasteiger partial charge >= 0.3 is 5.97 Å². The molecule has 0 unspecified atom stereocenters. The van der Waals surface area contributed by atoms with E-state index in [1.54, 1.807) is 13.8 Å². The Morgan fingerprint density at radius 2 is 1.50 bits per heavy atom. The average Bonchev–Trinajstić information content (AvgIpc) is 2.66. The predicted octanol–water partition coefficient (Wildman–Crippen LogP) is 6.94. The Kier molecular flexibility index (Phi) is 12.6. The van der Waals surface area contributed by atoms with Crippen LogP contribution in [-0.4, -0.2) is 17.7 Å². The predicted molar refractivity (Wildman–Crippen MR) is 118 cm³/mol. The fraction of sp³-hybridized carbons (Fsp3) is 0.640. The molecule has 0 fully saturated rings. The highest BCUT2D eigenvalue weighted by atomic mass is 16.5. The second kappa shape index (κ2) is 14.4. The minimum Gasteiger partial charge on any atom is -0.481 e. The van der Waals surface area contributed by atoms with Crippen molar-refractivity contribution in [2.24, 2.45) is 5.41 Å². The smallest absolute Gasteiger partial charge is 0.309 e. The molecule has 0 saturated heterocycles. The lowest BCUT2D eigenvalue weighted by atomic mass is 9.86. The molecule has 1 aromatic carbocycles. The van der Waals surface area contributed by atoms with Gasteiger partial charge in [-0.3, -0.25) is 4.79 Å². The van der Waals surface area contributed by atoms with E-state index in [4.69, 9.17) is 4.74 Å². The molecule has 28 heavy (non-hydrogen) atoms. The summed E-state index contributed by atoms with van der Waals surface area (Å²) < 4.78 is 5.70. The topological polar surface area (TPSA) is 46.5 Å². The van der Waals surface area contributed by atoms with E-state index in [1.165, 1.54) is 51.4 Å². The van der Waals surface area contributed by atoms with Gasteiger partial charge in [0.05, 0.1) is 18.6 Å². The summed E-state index contributed by atoms with van der Waals surface area (Å²) in [6, 6.07) is 8.05. The van der Waals surface area contributed by atoms with Crippen molar-refractivity contribution in [3.63, 3.8) is 0 Å². The summed E-state index contributed by atoms with van der Waals surface area (Å²) in [6.07, 6.45) is 16.9. The van der Waals surface area contributed by atoms with Crippen LogP contribution in [0.2, 0.25) is 0 Å². The Balaban J connectivity index is 2.08. The zero-order valence-corrected chi connectivity index (χ0v) is 18.2. The molecular weight excluding hydrogens is 348 g/mol. The number of aliphatic carboxylic acids is 1. The Hall–Kier alpha value is -1.61. The van der Waals surface area contributed by atoms with Crippen LogP contribution in [0.25, 0.3) is 0 Å². The molecule has 0 bridgehead atoms. The minimum atomic E-state index is -0.765. The van der Waals surface area contributed by atoms with Gasteiger partial charge in [0.25, 0.3) is 0 Å². The van der Waals surface area contributed by atoms with Crippen molar-refractivity contribution in [1.29, 1.82) is 0 Å². The molecular formula is C25H40O3. The maximum Gasteiger partial charge on any atom is 0.309 e. The highest BCUT2D eigenvalue weighted by Crippen LogP contribution is 2.22. The summed E-state index contributed by atoms with van der Waals surface area (Å²) in [7, 11) is 0. The first-order valence-electron chi connectivity index (χ1n) is 11.0. The first-order chi connectivity index (χ1) is 13.5. The molecule has 0 spiro atoms. The highest BCUT2D eigenvalue weighted by Gasteiger charge is 2.27. The summed E-state index contributed by atoms with van der Waals surface area (Å²) in [4.78, 5) is 11.2. The van der Waals surface area contributed by atoms with Gasteiger partial charge < -0.3 is 9.84 Å². The Bertz CT molecular complexity index is 558. The average molecular weight is 389 g/mol. The van der Waals surface area contributed by atoms with E-state index in [2.05, 4.69) is 19.1 Å². The Labute approximate surface area is 172 Å². The summed E-state index contributed by atoms with van der Waals surface area (Å²) in [5.74, 6) is -0.765. The number of carboxylic acid groups (broad SMARTS) is 1. The monoisotopic (exact) mass is 388 g/mol. The maximum absolute atomic E-state index is 11.2. The zero-order chi connectivity index (χ0) is 20.7. The van der Waals surface area contributed by atoms with Crippen LogP contribution in [0.3, 0.4) is 0 Å². The highest BCUT2D eigenvalue weighted by molar-refractivity contribution is 5.74. The number of unbranched alkanes of at least 4 members (excludes halogenated alkanes) is 8. The number of carboxylic acids is 1. The lowest BCUT2D eigenvalue weighted by molar-refractivity contribution is -0.146. The van der Waals surface area contributed by atoms with Crippen molar-refractivity contribution < 1.29 is 14.6 Å². The lowest BCUT2D eigenvalue weighted by Gasteiger charge is -2.19. The van der Waals surface area contributed by atoms with Gasteiger partial charge in [0.15, 0.2) is 0 Å². The molecule has 1 N–H and O–H groups in total. The number of hydrogen-bond donors (Lipinski definition) is 1. The first-order valence-corrected chi connectivity index (χ1v) is 11.0. The van der Waals surface area contributed by atoms with Crippen LogP contribution < -0.4 is 0 Å². The number of benzene rings is 1. The fourth-order valence-corrected chi connectivity index (χ4v) is 3.17. The molecule has 0 radical (unpaired) electrons. The quantitative estimate of drug-likeness (QED) is 0.246. The third kappa shape index (κ3) is 11.3. The van der Waals surface area contributed by atoms with E-state index < -0.39 is 11.4 Å². The standard InChI is InChI=1S/C25H40O3/c1-4-5-6-7-8-9-10-11-12-13-14-19-28-21-23-17-15-22(16-18-23)20-25(2,3)24(26)27/h13-18H,4-12,19-21H2,1-3H3,(H,26,27)/b14-13+. The second-order valence-corrected chi connectivity index (χ2v) is 8.43. The van der Waals surface area contributed by atoms with Crippen LogP contribution in [0.4, 0.5) is 0 Å². The number of carbonyl (C=O) groups is 1. The summed E-state index contributed by atoms with van der Waals surface area (Å²) in [5.41, 5.74) is 1.42. The number of allylic oxidation sites excluding steroid dienone is 1. The second-order valence-electron chi connectivity index (χ2n) is 8.43. The summed E-state index contributed by atoms with van der Waals surface area (Å²) >= 11 is 0. The fourth-order valence-electron chi connectivity index (χ4n) is 3.17. The van der Waals surface area contributed by atoms with E-state index >= 15 is 0 Å². The normalized spacial score (nSPS) is 12.0. The number of rotatable bonds is 16. The largest absolute Gasteiger partial charge is 0.481 e.